The normalized spacial score (nSPS) is 12.5. The first-order valence-electron chi connectivity index (χ1n) is 9.32. The van der Waals surface area contributed by atoms with Crippen molar-refractivity contribution >= 4 is 59.0 Å². The fraction of sp³-hybridized carbons (Fsp3) is 0.182. The van der Waals surface area contributed by atoms with Gasteiger partial charge in [0.25, 0.3) is 0 Å². The molecule has 0 aliphatic heterocycles. The maximum atomic E-state index is 12.6. The second-order valence-corrected chi connectivity index (χ2v) is 10.3. The molecule has 31 heavy (non-hydrogen) atoms. The molecule has 9 heteroatoms. The van der Waals surface area contributed by atoms with E-state index >= 15 is 0 Å². The molecule has 1 N–H and O–H groups in total. The van der Waals surface area contributed by atoms with E-state index in [0.717, 1.165) is 33.9 Å². The third kappa shape index (κ3) is 4.19. The van der Waals surface area contributed by atoms with Crippen LogP contribution in [0, 0.1) is 6.92 Å². The quantitative estimate of drug-likeness (QED) is 0.433. The number of rotatable bonds is 5. The Balaban J connectivity index is 1.62. The number of carbonyl (C=O) groups is 1. The Hall–Kier alpha value is -3.17. The van der Waals surface area contributed by atoms with Crippen molar-refractivity contribution in [1.29, 1.82) is 0 Å². The smallest absolute Gasteiger partial charge is 0.250 e. The van der Waals surface area contributed by atoms with Crippen LogP contribution in [0.3, 0.4) is 0 Å². The van der Waals surface area contributed by atoms with E-state index < -0.39 is 9.84 Å². The van der Waals surface area contributed by atoms with Crippen LogP contribution < -0.4 is 10.1 Å². The van der Waals surface area contributed by atoms with E-state index in [2.05, 4.69) is 10.3 Å². The molecule has 4 aromatic rings. The second-order valence-electron chi connectivity index (χ2n) is 7.20. The molecule has 2 aromatic heterocycles. The summed E-state index contributed by atoms with van der Waals surface area (Å²) in [4.78, 5) is 17.2. The van der Waals surface area contributed by atoms with Gasteiger partial charge in [0.15, 0.2) is 15.0 Å². The summed E-state index contributed by atoms with van der Waals surface area (Å²) >= 11 is 1.22. The lowest BCUT2D eigenvalue weighted by Crippen LogP contribution is -2.08. The van der Waals surface area contributed by atoms with E-state index in [4.69, 9.17) is 9.15 Å². The Bertz CT molecular complexity index is 1460. The van der Waals surface area contributed by atoms with Gasteiger partial charge in [0.2, 0.25) is 5.91 Å². The number of nitrogens with one attached hydrogen (secondary N) is 1. The number of nitrogens with zero attached hydrogens (tertiary/aromatic N) is 1. The molecule has 0 aliphatic rings. The number of sulfone groups is 1. The predicted octanol–water partition coefficient (Wildman–Crippen LogP) is 4.81. The van der Waals surface area contributed by atoms with Gasteiger partial charge < -0.3 is 9.15 Å². The van der Waals surface area contributed by atoms with Gasteiger partial charge in [-0.1, -0.05) is 11.3 Å². The third-order valence-electron chi connectivity index (χ3n) is 4.88. The summed E-state index contributed by atoms with van der Waals surface area (Å²) in [5.74, 6) is 0.266. The van der Waals surface area contributed by atoms with Crippen molar-refractivity contribution in [2.24, 2.45) is 0 Å². The molecule has 0 unspecified atom stereocenters. The Morgan fingerprint density at radius 3 is 2.74 bits per heavy atom. The van der Waals surface area contributed by atoms with Crippen molar-refractivity contribution in [2.45, 2.75) is 18.7 Å². The number of hydrogen-bond acceptors (Lipinski definition) is 7. The highest BCUT2D eigenvalue weighted by Gasteiger charge is 2.14. The molecule has 2 aromatic carbocycles. The SMILES string of the molecule is COc1cc2occ(C)c2cc1/C(C)=C/C(=O)Nc1nc2ccc(S(C)(=O)=O)cc2s1. The van der Waals surface area contributed by atoms with Gasteiger partial charge in [0.05, 0.1) is 28.5 Å². The molecule has 0 saturated carbocycles. The minimum absolute atomic E-state index is 0.217. The zero-order valence-corrected chi connectivity index (χ0v) is 19.0. The molecule has 7 nitrogen and oxygen atoms in total. The molecule has 2 heterocycles. The lowest BCUT2D eigenvalue weighted by Gasteiger charge is -2.09. The average molecular weight is 457 g/mol. The summed E-state index contributed by atoms with van der Waals surface area (Å²) in [6.07, 6.45) is 4.32. The first-order valence-corrected chi connectivity index (χ1v) is 12.0. The number of aromatic nitrogens is 1. The molecular formula is C22H20N2O5S2. The minimum Gasteiger partial charge on any atom is -0.496 e. The number of fused-ring (bicyclic) bond motifs is 2. The predicted molar refractivity (Wildman–Crippen MR) is 123 cm³/mol. The van der Waals surface area contributed by atoms with Gasteiger partial charge in [-0.15, -0.1) is 0 Å². The van der Waals surface area contributed by atoms with Crippen LogP contribution in [-0.4, -0.2) is 32.7 Å². The fourth-order valence-electron chi connectivity index (χ4n) is 3.26. The van der Waals surface area contributed by atoms with Crippen molar-refractivity contribution in [1.82, 2.24) is 4.98 Å². The van der Waals surface area contributed by atoms with Crippen molar-refractivity contribution in [3.05, 3.63) is 53.8 Å². The molecule has 0 bridgehead atoms. The number of benzene rings is 2. The number of anilines is 1. The van der Waals surface area contributed by atoms with Gasteiger partial charge in [0, 0.05) is 29.3 Å². The molecule has 0 aliphatic carbocycles. The van der Waals surface area contributed by atoms with Crippen LogP contribution in [0.15, 0.2) is 52.0 Å². The van der Waals surface area contributed by atoms with Crippen LogP contribution >= 0.6 is 11.3 Å². The fourth-order valence-corrected chi connectivity index (χ4v) is 4.89. The number of thiazole rings is 1. The molecule has 1 amide bonds. The van der Waals surface area contributed by atoms with E-state index in [0.29, 0.717) is 21.1 Å². The molecule has 0 atom stereocenters. The number of furan rings is 1. The zero-order chi connectivity index (χ0) is 22.3. The van der Waals surface area contributed by atoms with Gasteiger partial charge in [-0.05, 0) is 49.2 Å². The number of methoxy groups -OCH3 is 1. The molecule has 0 fully saturated rings. The monoisotopic (exact) mass is 456 g/mol. The highest BCUT2D eigenvalue weighted by Crippen LogP contribution is 2.33. The highest BCUT2D eigenvalue weighted by atomic mass is 32.2. The molecule has 0 spiro atoms. The lowest BCUT2D eigenvalue weighted by molar-refractivity contribution is -0.111. The summed E-state index contributed by atoms with van der Waals surface area (Å²) in [6, 6.07) is 8.45. The van der Waals surface area contributed by atoms with Crippen molar-refractivity contribution in [3.8, 4) is 5.75 Å². The third-order valence-corrected chi connectivity index (χ3v) is 6.92. The van der Waals surface area contributed by atoms with Crippen LogP contribution in [0.2, 0.25) is 0 Å². The van der Waals surface area contributed by atoms with E-state index in [9.17, 15) is 13.2 Å². The van der Waals surface area contributed by atoms with Crippen LogP contribution in [0.1, 0.15) is 18.1 Å². The maximum absolute atomic E-state index is 12.6. The first-order chi connectivity index (χ1) is 14.7. The summed E-state index contributed by atoms with van der Waals surface area (Å²) in [7, 11) is -1.74. The Labute approximate surface area is 183 Å². The number of allylic oxidation sites excluding steroid dienone is 1. The van der Waals surface area contributed by atoms with E-state index in [1.54, 1.807) is 31.6 Å². The van der Waals surface area contributed by atoms with Crippen molar-refractivity contribution in [2.75, 3.05) is 18.7 Å². The summed E-state index contributed by atoms with van der Waals surface area (Å²) in [6.45, 7) is 3.78. The van der Waals surface area contributed by atoms with E-state index in [1.165, 1.54) is 23.5 Å². The number of hydrogen-bond donors (Lipinski definition) is 1. The molecular weight excluding hydrogens is 436 g/mol. The first kappa shape index (κ1) is 21.1. The van der Waals surface area contributed by atoms with Crippen LogP contribution in [-0.2, 0) is 14.6 Å². The molecule has 0 radical (unpaired) electrons. The Morgan fingerprint density at radius 2 is 2.03 bits per heavy atom. The van der Waals surface area contributed by atoms with Crippen LogP contribution in [0.5, 0.6) is 5.75 Å². The largest absolute Gasteiger partial charge is 0.496 e. The number of aryl methyl sites for hydroxylation is 1. The minimum atomic E-state index is -3.31. The summed E-state index contributed by atoms with van der Waals surface area (Å²) in [5, 5.41) is 4.10. The van der Waals surface area contributed by atoms with Crippen LogP contribution in [0.4, 0.5) is 5.13 Å². The van der Waals surface area contributed by atoms with Gasteiger partial charge in [-0.2, -0.15) is 0 Å². The van der Waals surface area contributed by atoms with E-state index in [1.807, 2.05) is 19.9 Å². The Morgan fingerprint density at radius 1 is 1.26 bits per heavy atom. The molecule has 0 saturated heterocycles. The number of carbonyl (C=O) groups excluding carboxylic acids is 1. The Kier molecular flexibility index (Phi) is 5.32. The van der Waals surface area contributed by atoms with Crippen LogP contribution in [0.25, 0.3) is 26.8 Å². The highest BCUT2D eigenvalue weighted by molar-refractivity contribution is 7.90. The molecule has 160 valence electrons. The van der Waals surface area contributed by atoms with Gasteiger partial charge in [-0.25, -0.2) is 13.4 Å². The lowest BCUT2D eigenvalue weighted by atomic mass is 10.0. The topological polar surface area (TPSA) is 98.5 Å². The maximum Gasteiger partial charge on any atom is 0.250 e. The average Bonchev–Trinajstić information content (AvgIpc) is 3.27. The second kappa shape index (κ2) is 7.82. The van der Waals surface area contributed by atoms with Crippen molar-refractivity contribution in [3.63, 3.8) is 0 Å². The van der Waals surface area contributed by atoms with Gasteiger partial charge in [-0.3, -0.25) is 10.1 Å². The van der Waals surface area contributed by atoms with Crippen molar-refractivity contribution < 1.29 is 22.4 Å². The summed E-state index contributed by atoms with van der Waals surface area (Å²) < 4.78 is 35.2. The zero-order valence-electron chi connectivity index (χ0n) is 17.3. The van der Waals surface area contributed by atoms with Gasteiger partial charge >= 0.3 is 0 Å². The molecule has 4 rings (SSSR count). The van der Waals surface area contributed by atoms with Gasteiger partial charge in [0.1, 0.15) is 11.3 Å². The number of ether oxygens (including phenoxy) is 1. The van der Waals surface area contributed by atoms with E-state index in [-0.39, 0.29) is 10.8 Å². The standard InChI is InChI=1S/C22H20N2O5S2/c1-12(15-9-16-13(2)11-29-19(16)10-18(15)28-3)7-21(25)24-22-23-17-6-5-14(31(4,26)27)8-20(17)30-22/h5-11H,1-4H3,(H,23,24,25)/b12-7+. The summed E-state index contributed by atoms with van der Waals surface area (Å²) in [5.41, 5.74) is 3.85. The number of amides is 1.